The Kier molecular flexibility index (Phi) is 191. The first-order valence-corrected chi connectivity index (χ1v) is 0. The molecule has 0 aliphatic rings. The van der Waals surface area contributed by atoms with Gasteiger partial charge in [-0.3, -0.25) is 0 Å². The molecule has 0 aromatic carbocycles. The summed E-state index contributed by atoms with van der Waals surface area (Å²) in [7, 11) is 0. The Morgan fingerprint density at radius 2 is 1.00 bits per heavy atom. The Morgan fingerprint density at radius 3 is 1.00 bits per heavy atom. The molecule has 0 rings (SSSR count). The molecule has 3 heteroatoms. The van der Waals surface area contributed by atoms with Gasteiger partial charge in [-0.15, -0.1) is 0 Å². The average molecular weight is 380 g/mol. The van der Waals surface area contributed by atoms with Gasteiger partial charge in [0.05, 0.1) is 0 Å². The van der Waals surface area contributed by atoms with E-state index in [4.69, 9.17) is 0 Å². The quantitative estimate of drug-likeness (QED) is 0.542. The van der Waals surface area contributed by atoms with Gasteiger partial charge in [0.1, 0.15) is 0 Å². The smallest absolute Gasteiger partial charge is 0 e. The molecule has 0 spiro atoms. The maximum Gasteiger partial charge on any atom is 0 e. The van der Waals surface area contributed by atoms with Crippen molar-refractivity contribution in [3.05, 3.63) is 0 Å². The zero-order chi connectivity index (χ0) is 0. The van der Waals surface area contributed by atoms with Crippen LogP contribution in [0.1, 0.15) is 7.43 Å². The molecule has 0 saturated carbocycles. The van der Waals surface area contributed by atoms with Crippen LogP contribution in [-0.2, 0) is 61.3 Å². The molecule has 0 saturated heterocycles. The number of hydrogen-bond acceptors (Lipinski definition) is 0. The molecule has 0 atom stereocenters. The predicted molar refractivity (Wildman–Crippen MR) is 6.73 cm³/mol. The van der Waals surface area contributed by atoms with E-state index < -0.39 is 0 Å². The third-order valence-electron chi connectivity index (χ3n) is 0. The van der Waals surface area contributed by atoms with E-state index in [0.717, 1.165) is 0 Å². The molecule has 0 unspecified atom stereocenters. The Bertz CT molecular complexity index is 8.00. The van der Waals surface area contributed by atoms with Crippen LogP contribution in [0.2, 0.25) is 0 Å². The predicted octanol–water partition coefficient (Wildman–Crippen LogP) is 0.629. The van der Waals surface area contributed by atoms with Crippen molar-refractivity contribution < 1.29 is 61.3 Å². The molecule has 0 aromatic rings. The molecule has 0 fully saturated rings. The Balaban J connectivity index is 0. The van der Waals surface area contributed by atoms with Gasteiger partial charge in [-0.25, -0.2) is 0 Å². The standard InChI is InChI=1S/CH4.Ag.Au.Ni/h1H4;;;. The first-order valence-electron chi connectivity index (χ1n) is 0. The van der Waals surface area contributed by atoms with Crippen molar-refractivity contribution in [3.63, 3.8) is 0 Å². The van der Waals surface area contributed by atoms with Crippen LogP contribution in [0.15, 0.2) is 0 Å². The SMILES string of the molecule is C.[Ag].[Au].[Ni]. The Morgan fingerprint density at radius 1 is 1.00 bits per heavy atom. The Hall–Kier alpha value is 1.97. The van der Waals surface area contributed by atoms with E-state index in [1.165, 1.54) is 0 Å². The number of hydrogen-bond donors (Lipinski definition) is 0. The molecule has 2 radical (unpaired) electrons. The van der Waals surface area contributed by atoms with Crippen LogP contribution in [0.4, 0.5) is 0 Å². The molecule has 0 aromatic heterocycles. The van der Waals surface area contributed by atoms with Crippen molar-refractivity contribution in [2.24, 2.45) is 0 Å². The maximum absolute atomic E-state index is 0. The van der Waals surface area contributed by atoms with Gasteiger partial charge >= 0.3 is 0 Å². The van der Waals surface area contributed by atoms with E-state index in [-0.39, 0.29) is 68.7 Å². The summed E-state index contributed by atoms with van der Waals surface area (Å²) < 4.78 is 0. The monoisotopic (exact) mass is 378 g/mol. The van der Waals surface area contributed by atoms with Gasteiger partial charge < -0.3 is 0 Å². The third-order valence-corrected chi connectivity index (χ3v) is 0. The van der Waals surface area contributed by atoms with Crippen LogP contribution < -0.4 is 0 Å². The molecule has 4 heavy (non-hydrogen) atoms. The zero-order valence-corrected chi connectivity index (χ0v) is 5.56. The largest absolute Gasteiger partial charge is 0.0776 e. The summed E-state index contributed by atoms with van der Waals surface area (Å²) in [6, 6.07) is 0. The molecule has 0 amide bonds. The van der Waals surface area contributed by atoms with E-state index in [1.807, 2.05) is 0 Å². The van der Waals surface area contributed by atoms with Crippen molar-refractivity contribution in [2.75, 3.05) is 0 Å². The van der Waals surface area contributed by atoms with Crippen LogP contribution in [0.25, 0.3) is 0 Å². The maximum atomic E-state index is 0. The summed E-state index contributed by atoms with van der Waals surface area (Å²) in [5, 5.41) is 0. The van der Waals surface area contributed by atoms with Gasteiger partial charge in [0, 0.05) is 61.3 Å². The normalized spacial score (nSPS) is 0. The van der Waals surface area contributed by atoms with Crippen molar-refractivity contribution in [2.45, 2.75) is 7.43 Å². The molecule has 0 nitrogen and oxygen atoms in total. The van der Waals surface area contributed by atoms with E-state index in [0.29, 0.717) is 0 Å². The summed E-state index contributed by atoms with van der Waals surface area (Å²) >= 11 is 0. The fourth-order valence-corrected chi connectivity index (χ4v) is 0. The fourth-order valence-electron chi connectivity index (χ4n) is 0. The molecule has 0 aliphatic heterocycles. The van der Waals surface area contributed by atoms with E-state index in [2.05, 4.69) is 0 Å². The minimum Gasteiger partial charge on any atom is -0.0776 e. The van der Waals surface area contributed by atoms with Gasteiger partial charge in [-0.2, -0.15) is 0 Å². The van der Waals surface area contributed by atoms with E-state index in [9.17, 15) is 0 Å². The van der Waals surface area contributed by atoms with Crippen molar-refractivity contribution in [1.82, 2.24) is 0 Å². The summed E-state index contributed by atoms with van der Waals surface area (Å²) in [6.07, 6.45) is 0. The van der Waals surface area contributed by atoms with Crippen LogP contribution in [0, 0.1) is 0 Å². The second-order valence-electron chi connectivity index (χ2n) is 0. The first kappa shape index (κ1) is 37.9. The molecule has 0 bridgehead atoms. The first-order chi connectivity index (χ1) is 0. The minimum atomic E-state index is 0. The molecule has 40 valence electrons. The second-order valence-corrected chi connectivity index (χ2v) is 0. The van der Waals surface area contributed by atoms with Crippen molar-refractivity contribution >= 4 is 0 Å². The van der Waals surface area contributed by atoms with Crippen LogP contribution >= 0.6 is 0 Å². The molecular weight excluding hydrogens is 376 g/mol. The van der Waals surface area contributed by atoms with Gasteiger partial charge in [-0.1, -0.05) is 7.43 Å². The fraction of sp³-hybridized carbons (Fsp3) is 1.00. The summed E-state index contributed by atoms with van der Waals surface area (Å²) in [5.74, 6) is 0. The van der Waals surface area contributed by atoms with Crippen molar-refractivity contribution in [1.29, 1.82) is 0 Å². The van der Waals surface area contributed by atoms with Crippen LogP contribution in [0.3, 0.4) is 0 Å². The second kappa shape index (κ2) is 20.2. The van der Waals surface area contributed by atoms with E-state index in [1.54, 1.807) is 0 Å². The van der Waals surface area contributed by atoms with Crippen molar-refractivity contribution in [3.8, 4) is 0 Å². The van der Waals surface area contributed by atoms with Gasteiger partial charge in [-0.05, 0) is 0 Å². The molecule has 0 heterocycles. The Labute approximate surface area is 68.1 Å². The summed E-state index contributed by atoms with van der Waals surface area (Å²) in [5.41, 5.74) is 0. The molecule has 0 aliphatic carbocycles. The zero-order valence-electron chi connectivity index (χ0n) is 0.919. The van der Waals surface area contributed by atoms with Crippen LogP contribution in [0.5, 0.6) is 0 Å². The van der Waals surface area contributed by atoms with Gasteiger partial charge in [0.2, 0.25) is 0 Å². The number of rotatable bonds is 0. The third kappa shape index (κ3) is 9.02. The van der Waals surface area contributed by atoms with Gasteiger partial charge in [0.15, 0.2) is 0 Å². The van der Waals surface area contributed by atoms with E-state index >= 15 is 0 Å². The van der Waals surface area contributed by atoms with Crippen LogP contribution in [-0.4, -0.2) is 0 Å². The summed E-state index contributed by atoms with van der Waals surface area (Å²) in [6.45, 7) is 0. The summed E-state index contributed by atoms with van der Waals surface area (Å²) in [4.78, 5) is 0. The van der Waals surface area contributed by atoms with Gasteiger partial charge in [0.25, 0.3) is 0 Å². The molecular formula is CH4AgAuNi. The average Bonchev–Trinajstić information content (AvgIpc) is 0. The minimum absolute atomic E-state index is 0. The topological polar surface area (TPSA) is 0 Å². The molecule has 0 N–H and O–H groups in total.